The van der Waals surface area contributed by atoms with E-state index in [0.717, 1.165) is 12.8 Å². The summed E-state index contributed by atoms with van der Waals surface area (Å²) < 4.78 is 5.45. The highest BCUT2D eigenvalue weighted by Crippen LogP contribution is 2.28. The number of nitro groups is 1. The monoisotopic (exact) mass is 360 g/mol. The highest BCUT2D eigenvalue weighted by Gasteiger charge is 2.34. The van der Waals surface area contributed by atoms with Crippen LogP contribution in [-0.4, -0.2) is 40.6 Å². The topological polar surface area (TPSA) is 108 Å². The summed E-state index contributed by atoms with van der Waals surface area (Å²) in [5, 5.41) is 23.0. The van der Waals surface area contributed by atoms with Crippen molar-refractivity contribution in [2.45, 2.75) is 51.7 Å². The van der Waals surface area contributed by atoms with Gasteiger partial charge in [0.1, 0.15) is 11.7 Å². The Bertz CT molecular complexity index is 717. The van der Waals surface area contributed by atoms with Crippen LogP contribution in [0.1, 0.15) is 45.6 Å². The van der Waals surface area contributed by atoms with Crippen molar-refractivity contribution in [2.24, 2.45) is 0 Å². The van der Waals surface area contributed by atoms with Crippen molar-refractivity contribution in [1.29, 1.82) is 5.26 Å². The number of hydrogen-bond donors (Lipinski definition) is 1. The van der Waals surface area contributed by atoms with Gasteiger partial charge in [-0.1, -0.05) is 0 Å². The fraction of sp³-hybridized carbons (Fsp3) is 0.556. The maximum Gasteiger partial charge on any atom is 0.410 e. The van der Waals surface area contributed by atoms with E-state index < -0.39 is 10.5 Å². The summed E-state index contributed by atoms with van der Waals surface area (Å²) in [5.74, 6) is 0. The lowest BCUT2D eigenvalue weighted by atomic mass is 10.1. The van der Waals surface area contributed by atoms with Gasteiger partial charge in [-0.15, -0.1) is 0 Å². The lowest BCUT2D eigenvalue weighted by Gasteiger charge is -2.27. The van der Waals surface area contributed by atoms with Gasteiger partial charge < -0.3 is 15.0 Å². The van der Waals surface area contributed by atoms with E-state index in [4.69, 9.17) is 10.00 Å². The number of benzene rings is 1. The van der Waals surface area contributed by atoms with Crippen LogP contribution in [-0.2, 0) is 4.74 Å². The third kappa shape index (κ3) is 5.62. The first-order valence-electron chi connectivity index (χ1n) is 8.63. The first-order valence-corrected chi connectivity index (χ1v) is 8.63. The molecule has 1 aromatic rings. The van der Waals surface area contributed by atoms with Crippen LogP contribution in [0.25, 0.3) is 0 Å². The predicted octanol–water partition coefficient (Wildman–Crippen LogP) is 3.67. The highest BCUT2D eigenvalue weighted by molar-refractivity contribution is 5.69. The van der Waals surface area contributed by atoms with Crippen molar-refractivity contribution in [3.05, 3.63) is 33.9 Å². The Morgan fingerprint density at radius 1 is 1.46 bits per heavy atom. The molecule has 0 heterocycles. The quantitative estimate of drug-likeness (QED) is 0.451. The molecule has 1 fully saturated rings. The van der Waals surface area contributed by atoms with Crippen LogP contribution >= 0.6 is 0 Å². The van der Waals surface area contributed by atoms with Gasteiger partial charge in [-0.25, -0.2) is 4.79 Å². The molecule has 1 aliphatic carbocycles. The molecule has 1 aromatic carbocycles. The normalized spacial score (nSPS) is 13.6. The number of anilines is 1. The van der Waals surface area contributed by atoms with Gasteiger partial charge >= 0.3 is 6.09 Å². The second-order valence-corrected chi connectivity index (χ2v) is 7.28. The SMILES string of the molecule is CC(C)(C)OC(=O)N(CCCNc1ccc([N+](=O)[O-])cc1C#N)C1CC1. The second-order valence-electron chi connectivity index (χ2n) is 7.28. The third-order valence-electron chi connectivity index (χ3n) is 3.84. The molecule has 0 bridgehead atoms. The van der Waals surface area contributed by atoms with Gasteiger partial charge in [0.2, 0.25) is 0 Å². The summed E-state index contributed by atoms with van der Waals surface area (Å²) in [6.45, 7) is 6.63. The summed E-state index contributed by atoms with van der Waals surface area (Å²) in [4.78, 5) is 24.3. The molecule has 1 N–H and O–H groups in total. The number of hydrogen-bond acceptors (Lipinski definition) is 6. The number of nitriles is 1. The predicted molar refractivity (Wildman–Crippen MR) is 96.9 cm³/mol. The smallest absolute Gasteiger partial charge is 0.410 e. The van der Waals surface area contributed by atoms with E-state index in [-0.39, 0.29) is 23.4 Å². The molecule has 8 nitrogen and oxygen atoms in total. The molecule has 1 saturated carbocycles. The van der Waals surface area contributed by atoms with Crippen molar-refractivity contribution in [2.75, 3.05) is 18.4 Å². The minimum Gasteiger partial charge on any atom is -0.444 e. The Balaban J connectivity index is 1.88. The largest absolute Gasteiger partial charge is 0.444 e. The number of nitro benzene ring substituents is 1. The molecule has 2 rings (SSSR count). The molecular weight excluding hydrogens is 336 g/mol. The number of amides is 1. The van der Waals surface area contributed by atoms with E-state index in [1.54, 1.807) is 4.90 Å². The van der Waals surface area contributed by atoms with Crippen LogP contribution in [0.4, 0.5) is 16.2 Å². The molecule has 1 aliphatic rings. The molecule has 8 heteroatoms. The summed E-state index contributed by atoms with van der Waals surface area (Å²) in [6.07, 6.45) is 2.37. The van der Waals surface area contributed by atoms with Crippen molar-refractivity contribution >= 4 is 17.5 Å². The van der Waals surface area contributed by atoms with Gasteiger partial charge in [0, 0.05) is 31.3 Å². The molecular formula is C18H24N4O4. The lowest BCUT2D eigenvalue weighted by molar-refractivity contribution is -0.384. The number of carbonyl (C=O) groups is 1. The van der Waals surface area contributed by atoms with E-state index in [2.05, 4.69) is 5.32 Å². The van der Waals surface area contributed by atoms with Gasteiger partial charge in [-0.05, 0) is 46.1 Å². The molecule has 0 aromatic heterocycles. The zero-order valence-corrected chi connectivity index (χ0v) is 15.3. The van der Waals surface area contributed by atoms with E-state index in [1.165, 1.54) is 18.2 Å². The van der Waals surface area contributed by atoms with Crippen LogP contribution in [0.5, 0.6) is 0 Å². The molecule has 0 radical (unpaired) electrons. The van der Waals surface area contributed by atoms with Crippen molar-refractivity contribution in [3.8, 4) is 6.07 Å². The second kappa shape index (κ2) is 8.04. The number of nitrogens with zero attached hydrogens (tertiary/aromatic N) is 3. The van der Waals surface area contributed by atoms with Crippen molar-refractivity contribution in [1.82, 2.24) is 4.90 Å². The summed E-state index contributed by atoms with van der Waals surface area (Å²) >= 11 is 0. The van der Waals surface area contributed by atoms with Crippen LogP contribution in [0.3, 0.4) is 0 Å². The lowest BCUT2D eigenvalue weighted by Crippen LogP contribution is -2.39. The van der Waals surface area contributed by atoms with Crippen LogP contribution < -0.4 is 5.32 Å². The fourth-order valence-electron chi connectivity index (χ4n) is 2.49. The Morgan fingerprint density at radius 2 is 2.15 bits per heavy atom. The summed E-state index contributed by atoms with van der Waals surface area (Å²) in [7, 11) is 0. The molecule has 140 valence electrons. The maximum atomic E-state index is 12.3. The Morgan fingerprint density at radius 3 is 2.69 bits per heavy atom. The van der Waals surface area contributed by atoms with Crippen molar-refractivity contribution in [3.63, 3.8) is 0 Å². The van der Waals surface area contributed by atoms with Crippen LogP contribution in [0.15, 0.2) is 18.2 Å². The van der Waals surface area contributed by atoms with E-state index in [1.807, 2.05) is 26.8 Å². The molecule has 0 aliphatic heterocycles. The van der Waals surface area contributed by atoms with Crippen molar-refractivity contribution < 1.29 is 14.5 Å². The number of ether oxygens (including phenoxy) is 1. The first kappa shape index (κ1) is 19.5. The number of rotatable bonds is 7. The average molecular weight is 360 g/mol. The summed E-state index contributed by atoms with van der Waals surface area (Å²) in [6, 6.07) is 6.35. The Labute approximate surface area is 152 Å². The van der Waals surface area contributed by atoms with Gasteiger partial charge in [0.05, 0.1) is 16.2 Å². The maximum absolute atomic E-state index is 12.3. The first-order chi connectivity index (χ1) is 12.2. The zero-order valence-electron chi connectivity index (χ0n) is 15.3. The van der Waals surface area contributed by atoms with Gasteiger partial charge in [0.25, 0.3) is 5.69 Å². The van der Waals surface area contributed by atoms with Crippen LogP contribution in [0, 0.1) is 21.4 Å². The average Bonchev–Trinajstić information content (AvgIpc) is 3.37. The molecule has 0 spiro atoms. The highest BCUT2D eigenvalue weighted by atomic mass is 16.6. The molecule has 0 atom stereocenters. The van der Waals surface area contributed by atoms with Crippen LogP contribution in [0.2, 0.25) is 0 Å². The molecule has 0 saturated heterocycles. The number of nitrogens with one attached hydrogen (secondary N) is 1. The molecule has 0 unspecified atom stereocenters. The number of non-ortho nitro benzene ring substituents is 1. The standard InChI is InChI=1S/C18H24N4O4/c1-18(2,3)26-17(23)21(14-5-6-14)10-4-9-20-16-8-7-15(22(24)25)11-13(16)12-19/h7-8,11,14,20H,4-6,9-10H2,1-3H3. The van der Waals surface area contributed by atoms with E-state index >= 15 is 0 Å². The minimum atomic E-state index is -0.529. The zero-order chi connectivity index (χ0) is 19.3. The third-order valence-corrected chi connectivity index (χ3v) is 3.84. The van der Waals surface area contributed by atoms with Gasteiger partial charge in [-0.2, -0.15) is 5.26 Å². The molecule has 1 amide bonds. The number of carbonyl (C=O) groups excluding carboxylic acids is 1. The Kier molecular flexibility index (Phi) is 6.03. The molecule has 26 heavy (non-hydrogen) atoms. The van der Waals surface area contributed by atoms with Gasteiger partial charge in [-0.3, -0.25) is 10.1 Å². The van der Waals surface area contributed by atoms with Gasteiger partial charge in [0.15, 0.2) is 0 Å². The van der Waals surface area contributed by atoms with E-state index in [9.17, 15) is 14.9 Å². The fourth-order valence-corrected chi connectivity index (χ4v) is 2.49. The Hall–Kier alpha value is -2.82. The summed E-state index contributed by atoms with van der Waals surface area (Å²) in [5.41, 5.74) is 0.138. The van der Waals surface area contributed by atoms with E-state index in [0.29, 0.717) is 25.2 Å². The minimum absolute atomic E-state index is 0.114.